The van der Waals surface area contributed by atoms with Gasteiger partial charge in [-0.2, -0.15) is 18.3 Å². The van der Waals surface area contributed by atoms with Gasteiger partial charge in [0.15, 0.2) is 5.96 Å². The van der Waals surface area contributed by atoms with E-state index in [2.05, 4.69) is 20.7 Å². The van der Waals surface area contributed by atoms with Crippen molar-refractivity contribution in [1.82, 2.24) is 15.1 Å². The quantitative estimate of drug-likeness (QED) is 0.896. The SMILES string of the molecule is Cc1cc(NC2=NCCN2)n(-c2cccc(C(F)(F)F)c2)n1. The lowest BCUT2D eigenvalue weighted by Crippen LogP contribution is -2.27. The van der Waals surface area contributed by atoms with Crippen molar-refractivity contribution >= 4 is 11.8 Å². The number of hydrogen-bond donors (Lipinski definition) is 2. The maximum absolute atomic E-state index is 12.8. The lowest BCUT2D eigenvalue weighted by molar-refractivity contribution is -0.137. The lowest BCUT2D eigenvalue weighted by atomic mass is 10.2. The predicted molar refractivity (Wildman–Crippen MR) is 77.2 cm³/mol. The molecule has 0 aliphatic carbocycles. The molecule has 0 bridgehead atoms. The first-order valence-electron chi connectivity index (χ1n) is 6.73. The highest BCUT2D eigenvalue weighted by molar-refractivity contribution is 5.94. The summed E-state index contributed by atoms with van der Waals surface area (Å²) in [4.78, 5) is 4.21. The van der Waals surface area contributed by atoms with Crippen LogP contribution in [0.5, 0.6) is 0 Å². The minimum atomic E-state index is -4.39. The summed E-state index contributed by atoms with van der Waals surface area (Å²) in [7, 11) is 0. The van der Waals surface area contributed by atoms with E-state index in [-0.39, 0.29) is 0 Å². The van der Waals surface area contributed by atoms with Gasteiger partial charge in [-0.3, -0.25) is 4.99 Å². The van der Waals surface area contributed by atoms with Crippen LogP contribution in [0.2, 0.25) is 0 Å². The zero-order valence-electron chi connectivity index (χ0n) is 11.8. The molecule has 22 heavy (non-hydrogen) atoms. The number of nitrogens with one attached hydrogen (secondary N) is 2. The number of hydrogen-bond acceptors (Lipinski definition) is 4. The van der Waals surface area contributed by atoms with E-state index in [4.69, 9.17) is 0 Å². The lowest BCUT2D eigenvalue weighted by Gasteiger charge is -2.12. The van der Waals surface area contributed by atoms with E-state index in [1.165, 1.54) is 10.7 Å². The van der Waals surface area contributed by atoms with Crippen molar-refractivity contribution in [2.24, 2.45) is 4.99 Å². The normalized spacial score (nSPS) is 14.6. The van der Waals surface area contributed by atoms with Crippen LogP contribution in [0, 0.1) is 6.92 Å². The minimum absolute atomic E-state index is 0.337. The van der Waals surface area contributed by atoms with Crippen LogP contribution in [0.3, 0.4) is 0 Å². The molecule has 2 N–H and O–H groups in total. The van der Waals surface area contributed by atoms with Gasteiger partial charge in [0.2, 0.25) is 0 Å². The van der Waals surface area contributed by atoms with Gasteiger partial charge in [0.1, 0.15) is 5.82 Å². The Kier molecular flexibility index (Phi) is 3.51. The van der Waals surface area contributed by atoms with Crippen LogP contribution in [0.4, 0.5) is 19.0 Å². The summed E-state index contributed by atoms with van der Waals surface area (Å²) >= 11 is 0. The summed E-state index contributed by atoms with van der Waals surface area (Å²) in [5, 5.41) is 10.3. The summed E-state index contributed by atoms with van der Waals surface area (Å²) in [6.07, 6.45) is -4.39. The number of nitrogens with zero attached hydrogens (tertiary/aromatic N) is 3. The molecule has 0 saturated heterocycles. The number of rotatable bonds is 2. The Morgan fingerprint density at radius 1 is 1.27 bits per heavy atom. The Labute approximate surface area is 124 Å². The maximum Gasteiger partial charge on any atom is 0.416 e. The smallest absolute Gasteiger partial charge is 0.354 e. The number of alkyl halides is 3. The molecule has 5 nitrogen and oxygen atoms in total. The van der Waals surface area contributed by atoms with E-state index in [0.29, 0.717) is 29.7 Å². The van der Waals surface area contributed by atoms with Crippen molar-refractivity contribution in [2.75, 3.05) is 18.4 Å². The molecular formula is C14H14F3N5. The zero-order valence-corrected chi connectivity index (χ0v) is 11.8. The molecular weight excluding hydrogens is 295 g/mol. The maximum atomic E-state index is 12.8. The van der Waals surface area contributed by atoms with Crippen LogP contribution >= 0.6 is 0 Å². The molecule has 0 amide bonds. The van der Waals surface area contributed by atoms with Crippen molar-refractivity contribution in [2.45, 2.75) is 13.1 Å². The molecule has 0 radical (unpaired) electrons. The van der Waals surface area contributed by atoms with Crippen molar-refractivity contribution < 1.29 is 13.2 Å². The second kappa shape index (κ2) is 5.36. The molecule has 116 valence electrons. The number of guanidine groups is 1. The third-order valence-corrected chi connectivity index (χ3v) is 3.17. The molecule has 0 spiro atoms. The third-order valence-electron chi connectivity index (χ3n) is 3.17. The minimum Gasteiger partial charge on any atom is -0.354 e. The largest absolute Gasteiger partial charge is 0.416 e. The summed E-state index contributed by atoms with van der Waals surface area (Å²) in [6.45, 7) is 3.18. The summed E-state index contributed by atoms with van der Waals surface area (Å²) in [6, 6.07) is 6.81. The van der Waals surface area contributed by atoms with Crippen LogP contribution in [0.25, 0.3) is 5.69 Å². The Morgan fingerprint density at radius 3 is 2.77 bits per heavy atom. The fraction of sp³-hybridized carbons (Fsp3) is 0.286. The van der Waals surface area contributed by atoms with Gasteiger partial charge < -0.3 is 10.6 Å². The number of aliphatic imine (C=N–C) groups is 1. The van der Waals surface area contributed by atoms with Crippen LogP contribution < -0.4 is 10.6 Å². The Balaban J connectivity index is 1.98. The number of aromatic nitrogens is 2. The first kappa shape index (κ1) is 14.4. The van der Waals surface area contributed by atoms with E-state index in [1.807, 2.05) is 0 Å². The highest BCUT2D eigenvalue weighted by Gasteiger charge is 2.30. The summed E-state index contributed by atoms with van der Waals surface area (Å²) in [5.74, 6) is 1.15. The molecule has 8 heteroatoms. The molecule has 1 aromatic carbocycles. The molecule has 1 aliphatic heterocycles. The van der Waals surface area contributed by atoms with Gasteiger partial charge in [-0.25, -0.2) is 4.68 Å². The average molecular weight is 309 g/mol. The van der Waals surface area contributed by atoms with Gasteiger partial charge in [0.25, 0.3) is 0 Å². The van der Waals surface area contributed by atoms with E-state index in [9.17, 15) is 13.2 Å². The molecule has 2 aromatic rings. The summed E-state index contributed by atoms with van der Waals surface area (Å²) < 4.78 is 40.0. The van der Waals surface area contributed by atoms with E-state index in [0.717, 1.165) is 18.7 Å². The van der Waals surface area contributed by atoms with Crippen LogP contribution in [0.1, 0.15) is 11.3 Å². The highest BCUT2D eigenvalue weighted by Crippen LogP contribution is 2.30. The van der Waals surface area contributed by atoms with Gasteiger partial charge in [-0.15, -0.1) is 0 Å². The van der Waals surface area contributed by atoms with Gasteiger partial charge >= 0.3 is 6.18 Å². The standard InChI is InChI=1S/C14H14F3N5/c1-9-7-12(20-13-18-5-6-19-13)22(21-9)11-4-2-3-10(8-11)14(15,16)17/h2-4,7-8H,5-6H2,1H3,(H2,18,19,20). The Bertz CT molecular complexity index is 718. The average Bonchev–Trinajstić information content (AvgIpc) is 3.08. The van der Waals surface area contributed by atoms with Gasteiger partial charge in [0.05, 0.1) is 23.5 Å². The Hall–Kier alpha value is -2.51. The highest BCUT2D eigenvalue weighted by atomic mass is 19.4. The fourth-order valence-electron chi connectivity index (χ4n) is 2.20. The molecule has 2 heterocycles. The number of aryl methyl sites for hydroxylation is 1. The molecule has 3 rings (SSSR count). The van der Waals surface area contributed by atoms with Crippen LogP contribution in [-0.2, 0) is 6.18 Å². The first-order valence-corrected chi connectivity index (χ1v) is 6.73. The Morgan fingerprint density at radius 2 is 2.09 bits per heavy atom. The van der Waals surface area contributed by atoms with Crippen molar-refractivity contribution in [3.63, 3.8) is 0 Å². The van der Waals surface area contributed by atoms with Gasteiger partial charge in [0, 0.05) is 12.6 Å². The molecule has 1 aliphatic rings. The van der Waals surface area contributed by atoms with E-state index < -0.39 is 11.7 Å². The second-order valence-corrected chi connectivity index (χ2v) is 4.91. The molecule has 0 atom stereocenters. The third kappa shape index (κ3) is 2.90. The van der Waals surface area contributed by atoms with Crippen LogP contribution in [0.15, 0.2) is 35.3 Å². The number of anilines is 1. The predicted octanol–water partition coefficient (Wildman–Crippen LogP) is 2.57. The first-order chi connectivity index (χ1) is 10.4. The molecule has 1 aromatic heterocycles. The van der Waals surface area contributed by atoms with Crippen molar-refractivity contribution in [3.8, 4) is 5.69 Å². The monoisotopic (exact) mass is 309 g/mol. The van der Waals surface area contributed by atoms with Gasteiger partial charge in [-0.1, -0.05) is 6.07 Å². The molecule has 0 saturated carbocycles. The number of halogens is 3. The van der Waals surface area contributed by atoms with Crippen molar-refractivity contribution in [3.05, 3.63) is 41.6 Å². The van der Waals surface area contributed by atoms with E-state index >= 15 is 0 Å². The van der Waals surface area contributed by atoms with Crippen LogP contribution in [-0.4, -0.2) is 28.8 Å². The fourth-order valence-corrected chi connectivity index (χ4v) is 2.20. The van der Waals surface area contributed by atoms with Gasteiger partial charge in [-0.05, 0) is 25.1 Å². The zero-order chi connectivity index (χ0) is 15.7. The molecule has 0 unspecified atom stereocenters. The summed E-state index contributed by atoms with van der Waals surface area (Å²) in [5.41, 5.74) is 0.322. The van der Waals surface area contributed by atoms with E-state index in [1.54, 1.807) is 19.1 Å². The number of benzene rings is 1. The van der Waals surface area contributed by atoms with Crippen molar-refractivity contribution in [1.29, 1.82) is 0 Å². The second-order valence-electron chi connectivity index (χ2n) is 4.91. The topological polar surface area (TPSA) is 54.2 Å². The molecule has 0 fully saturated rings.